The summed E-state index contributed by atoms with van der Waals surface area (Å²) in [5, 5.41) is 7.56. The first-order valence-electron chi connectivity index (χ1n) is 11.4. The number of sulfonamides is 1. The van der Waals surface area contributed by atoms with Crippen LogP contribution >= 0.6 is 22.9 Å². The molecule has 0 fully saturated rings. The molecule has 0 saturated heterocycles. The number of halogens is 1. The fourth-order valence-corrected chi connectivity index (χ4v) is 7.06. The molecular weight excluding hydrogens is 520 g/mol. The number of nitrogens with zero attached hydrogens (tertiary/aromatic N) is 2. The Labute approximate surface area is 219 Å². The molecule has 3 aromatic rings. The number of carbonyl (C=O) groups excluding carboxylic acids is 2. The number of anilines is 2. The van der Waals surface area contributed by atoms with Crippen LogP contribution in [-0.2, 0) is 26.0 Å². The Balaban J connectivity index is 1.47. The Kier molecular flexibility index (Phi) is 7.99. The van der Waals surface area contributed by atoms with Crippen LogP contribution in [0, 0.1) is 0 Å². The lowest BCUT2D eigenvalue weighted by Crippen LogP contribution is -2.40. The predicted molar refractivity (Wildman–Crippen MR) is 143 cm³/mol. The van der Waals surface area contributed by atoms with Gasteiger partial charge in [0.05, 0.1) is 11.7 Å². The number of likely N-dealkylation sites (N-methyl/N-ethyl adjacent to an activating group) is 1. The van der Waals surface area contributed by atoms with Crippen molar-refractivity contribution in [2.45, 2.75) is 23.1 Å². The average Bonchev–Trinajstić information content (AvgIpc) is 3.40. The van der Waals surface area contributed by atoms with Gasteiger partial charge in [-0.2, -0.15) is 0 Å². The summed E-state index contributed by atoms with van der Waals surface area (Å²) in [7, 11) is 0.0234. The van der Waals surface area contributed by atoms with Crippen molar-refractivity contribution in [3.63, 3.8) is 0 Å². The number of aryl methyl sites for hydroxylation is 1. The molecule has 2 N–H and O–H groups in total. The molecule has 11 heteroatoms. The van der Waals surface area contributed by atoms with E-state index in [1.807, 2.05) is 37.2 Å². The summed E-state index contributed by atoms with van der Waals surface area (Å²) >= 11 is 7.48. The van der Waals surface area contributed by atoms with Crippen LogP contribution in [0.1, 0.15) is 23.6 Å². The van der Waals surface area contributed by atoms with Gasteiger partial charge < -0.3 is 15.5 Å². The maximum absolute atomic E-state index is 13.2. The van der Waals surface area contributed by atoms with E-state index in [9.17, 15) is 18.0 Å². The molecule has 1 atom stereocenters. The first-order valence-corrected chi connectivity index (χ1v) is 14.1. The van der Waals surface area contributed by atoms with Crippen LogP contribution < -0.4 is 14.9 Å². The first-order chi connectivity index (χ1) is 17.2. The summed E-state index contributed by atoms with van der Waals surface area (Å²) in [6.45, 7) is 0.527. The molecule has 190 valence electrons. The summed E-state index contributed by atoms with van der Waals surface area (Å²) < 4.78 is 28.0. The molecule has 1 unspecified atom stereocenters. The molecule has 0 saturated carbocycles. The van der Waals surface area contributed by atoms with Crippen molar-refractivity contribution in [3.05, 3.63) is 76.1 Å². The zero-order valence-electron chi connectivity index (χ0n) is 19.9. The van der Waals surface area contributed by atoms with E-state index in [-0.39, 0.29) is 16.8 Å². The minimum absolute atomic E-state index is 0.181. The van der Waals surface area contributed by atoms with Crippen LogP contribution in [-0.4, -0.2) is 52.3 Å². The molecule has 36 heavy (non-hydrogen) atoms. The molecular formula is C25H27ClN4O4S2. The number of thiophene rings is 1. The zero-order chi connectivity index (χ0) is 25.9. The Morgan fingerprint density at radius 3 is 2.58 bits per heavy atom. The highest BCUT2D eigenvalue weighted by Gasteiger charge is 2.30. The highest BCUT2D eigenvalue weighted by atomic mass is 35.5. The molecule has 1 aliphatic heterocycles. The van der Waals surface area contributed by atoms with Crippen molar-refractivity contribution in [2.75, 3.05) is 36.8 Å². The molecule has 2 aromatic carbocycles. The van der Waals surface area contributed by atoms with Crippen molar-refractivity contribution in [1.29, 1.82) is 0 Å². The molecule has 1 aliphatic rings. The van der Waals surface area contributed by atoms with Crippen LogP contribution in [0.4, 0.5) is 11.4 Å². The third-order valence-electron chi connectivity index (χ3n) is 6.01. The smallest absolute Gasteiger partial charge is 0.313 e. The lowest BCUT2D eigenvalue weighted by molar-refractivity contribution is -0.136. The van der Waals surface area contributed by atoms with E-state index < -0.39 is 21.8 Å². The summed E-state index contributed by atoms with van der Waals surface area (Å²) in [6.07, 6.45) is 1.43. The largest absolute Gasteiger partial charge is 0.346 e. The third kappa shape index (κ3) is 5.57. The third-order valence-corrected chi connectivity index (χ3v) is 9.54. The highest BCUT2D eigenvalue weighted by Crippen LogP contribution is 2.35. The number of benzene rings is 2. The van der Waals surface area contributed by atoms with Gasteiger partial charge in [0.2, 0.25) is 0 Å². The minimum atomic E-state index is -3.71. The number of hydrogen-bond acceptors (Lipinski definition) is 6. The maximum Gasteiger partial charge on any atom is 0.313 e. The van der Waals surface area contributed by atoms with E-state index in [2.05, 4.69) is 10.6 Å². The number of amides is 2. The fourth-order valence-electron chi connectivity index (χ4n) is 4.16. The predicted octanol–water partition coefficient (Wildman–Crippen LogP) is 3.90. The lowest BCUT2D eigenvalue weighted by Gasteiger charge is -2.30. The number of hydrogen-bond donors (Lipinski definition) is 2. The van der Waals surface area contributed by atoms with Gasteiger partial charge in [0.15, 0.2) is 0 Å². The Bertz CT molecular complexity index is 1360. The fraction of sp³-hybridized carbons (Fsp3) is 0.280. The summed E-state index contributed by atoms with van der Waals surface area (Å²) in [6, 6.07) is 15.5. The lowest BCUT2D eigenvalue weighted by atomic mass is 10.0. The molecule has 8 nitrogen and oxygen atoms in total. The average molecular weight is 547 g/mol. The van der Waals surface area contributed by atoms with Crippen molar-refractivity contribution in [3.8, 4) is 0 Å². The Morgan fingerprint density at radius 2 is 1.89 bits per heavy atom. The second-order valence-electron chi connectivity index (χ2n) is 8.62. The van der Waals surface area contributed by atoms with Gasteiger partial charge in [-0.3, -0.25) is 13.9 Å². The number of rotatable bonds is 7. The van der Waals surface area contributed by atoms with Crippen LogP contribution in [0.2, 0.25) is 5.02 Å². The van der Waals surface area contributed by atoms with E-state index in [1.165, 1.54) is 4.31 Å². The molecule has 2 heterocycles. The Hall–Kier alpha value is -2.92. The van der Waals surface area contributed by atoms with Crippen molar-refractivity contribution >= 4 is 56.2 Å². The summed E-state index contributed by atoms with van der Waals surface area (Å²) in [4.78, 5) is 27.1. The Morgan fingerprint density at radius 1 is 1.11 bits per heavy atom. The standard InChI is InChI=1S/C25H27ClN4O4S2/c1-29(2)22(19-8-3-4-9-20(19)26)16-27-24(31)25(32)28-18-12-11-17-7-5-13-30(21(17)15-18)36(33,34)23-10-6-14-35-23/h3-4,6,8-12,14-15,22H,5,7,13,16H2,1-2H3,(H,27,31)(H,28,32). The van der Waals surface area contributed by atoms with Gasteiger partial charge in [0.25, 0.3) is 10.0 Å². The molecule has 2 amide bonds. The topological polar surface area (TPSA) is 98.8 Å². The van der Waals surface area contributed by atoms with Crippen LogP contribution in [0.5, 0.6) is 0 Å². The number of carbonyl (C=O) groups is 2. The van der Waals surface area contributed by atoms with E-state index >= 15 is 0 Å². The molecule has 0 bridgehead atoms. The number of nitrogens with one attached hydrogen (secondary N) is 2. The molecule has 1 aromatic heterocycles. The van der Waals surface area contributed by atoms with Crippen molar-refractivity contribution in [1.82, 2.24) is 10.2 Å². The highest BCUT2D eigenvalue weighted by molar-refractivity contribution is 7.94. The van der Waals surface area contributed by atoms with Gasteiger partial charge in [-0.15, -0.1) is 11.3 Å². The van der Waals surface area contributed by atoms with E-state index in [1.54, 1.807) is 41.8 Å². The monoisotopic (exact) mass is 546 g/mol. The van der Waals surface area contributed by atoms with Gasteiger partial charge in [-0.1, -0.05) is 41.9 Å². The molecule has 0 aliphatic carbocycles. The van der Waals surface area contributed by atoms with Gasteiger partial charge in [0.1, 0.15) is 4.21 Å². The molecule has 4 rings (SSSR count). The van der Waals surface area contributed by atoms with Gasteiger partial charge in [-0.25, -0.2) is 8.42 Å². The van der Waals surface area contributed by atoms with Crippen molar-refractivity contribution < 1.29 is 18.0 Å². The zero-order valence-corrected chi connectivity index (χ0v) is 22.3. The van der Waals surface area contributed by atoms with Gasteiger partial charge in [0, 0.05) is 23.8 Å². The van der Waals surface area contributed by atoms with Gasteiger partial charge >= 0.3 is 11.8 Å². The normalized spacial score (nSPS) is 14.3. The first kappa shape index (κ1) is 26.2. The van der Waals surface area contributed by atoms with E-state index in [0.717, 1.165) is 28.9 Å². The summed E-state index contributed by atoms with van der Waals surface area (Å²) in [5.74, 6) is -1.63. The maximum atomic E-state index is 13.2. The van der Waals surface area contributed by atoms with Crippen molar-refractivity contribution in [2.24, 2.45) is 0 Å². The minimum Gasteiger partial charge on any atom is -0.346 e. The van der Waals surface area contributed by atoms with Gasteiger partial charge in [-0.05, 0) is 67.7 Å². The molecule has 0 spiro atoms. The van der Waals surface area contributed by atoms with Crippen LogP contribution in [0.25, 0.3) is 0 Å². The second-order valence-corrected chi connectivity index (χ2v) is 12.1. The van der Waals surface area contributed by atoms with E-state index in [0.29, 0.717) is 29.4 Å². The van der Waals surface area contributed by atoms with Crippen LogP contribution in [0.3, 0.4) is 0 Å². The van der Waals surface area contributed by atoms with E-state index in [4.69, 9.17) is 11.6 Å². The SMILES string of the molecule is CN(C)C(CNC(=O)C(=O)Nc1ccc2c(c1)N(S(=O)(=O)c1cccs1)CCC2)c1ccccc1Cl. The second kappa shape index (κ2) is 11.0. The summed E-state index contributed by atoms with van der Waals surface area (Å²) in [5.41, 5.74) is 2.57. The number of fused-ring (bicyclic) bond motifs is 1. The quantitative estimate of drug-likeness (QED) is 0.438. The molecule has 0 radical (unpaired) electrons. The van der Waals surface area contributed by atoms with Crippen LogP contribution in [0.15, 0.2) is 64.2 Å².